The summed E-state index contributed by atoms with van der Waals surface area (Å²) in [5, 5.41) is 0. The van der Waals surface area contributed by atoms with Gasteiger partial charge in [-0.15, -0.1) is 0 Å². The quantitative estimate of drug-likeness (QED) is 0.262. The molecule has 0 fully saturated rings. The molecule has 0 radical (unpaired) electrons. The lowest BCUT2D eigenvalue weighted by Crippen LogP contribution is -2.33. The van der Waals surface area contributed by atoms with Gasteiger partial charge < -0.3 is 14.2 Å². The van der Waals surface area contributed by atoms with Crippen LogP contribution in [0.5, 0.6) is 0 Å². The van der Waals surface area contributed by atoms with E-state index in [1.54, 1.807) is 0 Å². The maximum atomic E-state index is 11.4. The van der Waals surface area contributed by atoms with Crippen molar-refractivity contribution in [1.82, 2.24) is 0 Å². The van der Waals surface area contributed by atoms with Crippen molar-refractivity contribution in [3.63, 3.8) is 0 Å². The molecule has 0 aliphatic heterocycles. The molecule has 160 valence electrons. The fraction of sp³-hybridized carbons (Fsp3) is 0.455. The predicted molar refractivity (Wildman–Crippen MR) is 112 cm³/mol. The Balaban J connectivity index is 1.85. The zero-order valence-corrected chi connectivity index (χ0v) is 17.8. The van der Waals surface area contributed by atoms with E-state index in [9.17, 15) is 8.42 Å². The molecule has 0 saturated heterocycles. The highest BCUT2D eigenvalue weighted by molar-refractivity contribution is 7.85. The molecule has 2 rings (SSSR count). The van der Waals surface area contributed by atoms with Crippen LogP contribution in [0.1, 0.15) is 24.5 Å². The van der Waals surface area contributed by atoms with Crippen LogP contribution in [0.3, 0.4) is 0 Å². The van der Waals surface area contributed by atoms with Gasteiger partial charge in [-0.3, -0.25) is 4.18 Å². The van der Waals surface area contributed by atoms with Gasteiger partial charge in [0.1, 0.15) is 6.79 Å². The molecule has 29 heavy (non-hydrogen) atoms. The van der Waals surface area contributed by atoms with Crippen LogP contribution < -0.4 is 0 Å². The van der Waals surface area contributed by atoms with E-state index in [0.29, 0.717) is 19.8 Å². The highest BCUT2D eigenvalue weighted by Crippen LogP contribution is 2.16. The third-order valence-electron chi connectivity index (χ3n) is 4.42. The third kappa shape index (κ3) is 10.0. The summed E-state index contributed by atoms with van der Waals surface area (Å²) in [7, 11) is -3.56. The lowest BCUT2D eigenvalue weighted by molar-refractivity contribution is -0.131. The topological polar surface area (TPSA) is 71.1 Å². The Labute approximate surface area is 173 Å². The molecule has 0 saturated carbocycles. The first kappa shape index (κ1) is 23.5. The normalized spacial score (nSPS) is 13.9. The van der Waals surface area contributed by atoms with E-state index >= 15 is 0 Å². The molecule has 0 aliphatic carbocycles. The van der Waals surface area contributed by atoms with Crippen LogP contribution >= 0.6 is 0 Å². The molecule has 0 aliphatic rings. The monoisotopic (exact) mass is 422 g/mol. The van der Waals surface area contributed by atoms with Crippen molar-refractivity contribution in [3.8, 4) is 0 Å². The average Bonchev–Trinajstić information content (AvgIpc) is 2.72. The van der Waals surface area contributed by atoms with Crippen LogP contribution in [0.15, 0.2) is 60.7 Å². The van der Waals surface area contributed by atoms with Gasteiger partial charge >= 0.3 is 0 Å². The van der Waals surface area contributed by atoms with Gasteiger partial charge in [-0.05, 0) is 17.5 Å². The maximum absolute atomic E-state index is 11.4. The molecule has 2 aromatic carbocycles. The van der Waals surface area contributed by atoms with Gasteiger partial charge in [-0.1, -0.05) is 67.6 Å². The van der Waals surface area contributed by atoms with Crippen LogP contribution in [0.2, 0.25) is 0 Å². The standard InChI is InChI=1S/C22H30O6S/c1-3-21(16-25-14-19-10-6-4-7-11-19)22(17-28-29(2,23)24)27-18-26-15-20-12-8-5-9-13-20/h4-13,21-22H,3,14-18H2,1-2H3/t21-,22-/m1/s1. The second kappa shape index (κ2) is 12.7. The second-order valence-corrected chi connectivity index (χ2v) is 8.46. The van der Waals surface area contributed by atoms with Crippen molar-refractivity contribution in [2.75, 3.05) is 26.3 Å². The zero-order chi connectivity index (χ0) is 21.0. The van der Waals surface area contributed by atoms with Gasteiger partial charge in [0.25, 0.3) is 10.1 Å². The summed E-state index contributed by atoms with van der Waals surface area (Å²) in [6, 6.07) is 19.7. The Morgan fingerprint density at radius 1 is 0.828 bits per heavy atom. The molecular formula is C22H30O6S. The van der Waals surface area contributed by atoms with Crippen molar-refractivity contribution in [3.05, 3.63) is 71.8 Å². The molecule has 2 aromatic rings. The number of benzene rings is 2. The molecule has 2 atom stereocenters. The highest BCUT2D eigenvalue weighted by atomic mass is 32.2. The molecule has 0 heterocycles. The molecule has 0 bridgehead atoms. The summed E-state index contributed by atoms with van der Waals surface area (Å²) in [6.45, 7) is 3.33. The summed E-state index contributed by atoms with van der Waals surface area (Å²) in [6.07, 6.45) is 1.33. The van der Waals surface area contributed by atoms with Crippen LogP contribution in [0.25, 0.3) is 0 Å². The zero-order valence-electron chi connectivity index (χ0n) is 17.0. The SMILES string of the molecule is CC[C@H](COCc1ccccc1)[C@@H](COS(C)(=O)=O)OCOCc1ccccc1. The lowest BCUT2D eigenvalue weighted by atomic mass is 10.0. The van der Waals surface area contributed by atoms with Crippen LogP contribution in [0.4, 0.5) is 0 Å². The van der Waals surface area contributed by atoms with E-state index in [1.807, 2.05) is 67.6 Å². The largest absolute Gasteiger partial charge is 0.376 e. The van der Waals surface area contributed by atoms with E-state index in [-0.39, 0.29) is 19.3 Å². The summed E-state index contributed by atoms with van der Waals surface area (Å²) < 4.78 is 45.1. The van der Waals surface area contributed by atoms with Gasteiger partial charge in [0.2, 0.25) is 0 Å². The molecule has 0 unspecified atom stereocenters. The first-order chi connectivity index (χ1) is 14.0. The van der Waals surface area contributed by atoms with Crippen molar-refractivity contribution in [2.24, 2.45) is 5.92 Å². The summed E-state index contributed by atoms with van der Waals surface area (Å²) >= 11 is 0. The fourth-order valence-electron chi connectivity index (χ4n) is 2.77. The van der Waals surface area contributed by atoms with Crippen LogP contribution in [-0.2, 0) is 41.7 Å². The van der Waals surface area contributed by atoms with Gasteiger partial charge in [-0.2, -0.15) is 8.42 Å². The minimum atomic E-state index is -3.56. The first-order valence-electron chi connectivity index (χ1n) is 9.67. The molecule has 0 N–H and O–H groups in total. The second-order valence-electron chi connectivity index (χ2n) is 6.81. The summed E-state index contributed by atoms with van der Waals surface area (Å²) in [5.41, 5.74) is 2.12. The molecule has 0 spiro atoms. The smallest absolute Gasteiger partial charge is 0.264 e. The number of hydrogen-bond acceptors (Lipinski definition) is 6. The Morgan fingerprint density at radius 3 is 1.90 bits per heavy atom. The predicted octanol–water partition coefficient (Wildman–Crippen LogP) is 3.77. The van der Waals surface area contributed by atoms with E-state index < -0.39 is 16.2 Å². The van der Waals surface area contributed by atoms with Gasteiger partial charge in [0.15, 0.2) is 0 Å². The van der Waals surface area contributed by atoms with Gasteiger partial charge in [0, 0.05) is 5.92 Å². The Hall–Kier alpha value is -1.77. The van der Waals surface area contributed by atoms with Gasteiger partial charge in [0.05, 0.1) is 38.8 Å². The minimum Gasteiger partial charge on any atom is -0.376 e. The van der Waals surface area contributed by atoms with Crippen LogP contribution in [-0.4, -0.2) is 40.8 Å². The molecule has 6 nitrogen and oxygen atoms in total. The minimum absolute atomic E-state index is 0.0270. The first-order valence-corrected chi connectivity index (χ1v) is 11.5. The van der Waals surface area contributed by atoms with Crippen molar-refractivity contribution >= 4 is 10.1 Å². The number of hydrogen-bond donors (Lipinski definition) is 0. The number of ether oxygens (including phenoxy) is 3. The number of rotatable bonds is 14. The van der Waals surface area contributed by atoms with E-state index in [4.69, 9.17) is 18.4 Å². The van der Waals surface area contributed by atoms with Gasteiger partial charge in [-0.25, -0.2) is 0 Å². The summed E-state index contributed by atoms with van der Waals surface area (Å²) in [5.74, 6) is -0.0270. The van der Waals surface area contributed by atoms with Crippen molar-refractivity contribution < 1.29 is 26.8 Å². The van der Waals surface area contributed by atoms with E-state index in [0.717, 1.165) is 23.8 Å². The third-order valence-corrected chi connectivity index (χ3v) is 4.98. The summed E-state index contributed by atoms with van der Waals surface area (Å²) in [4.78, 5) is 0. The Bertz CT molecular complexity index is 779. The maximum Gasteiger partial charge on any atom is 0.264 e. The molecule has 0 aromatic heterocycles. The average molecular weight is 423 g/mol. The lowest BCUT2D eigenvalue weighted by Gasteiger charge is -2.26. The van der Waals surface area contributed by atoms with Crippen molar-refractivity contribution in [2.45, 2.75) is 32.7 Å². The molecule has 7 heteroatoms. The molecule has 0 amide bonds. The van der Waals surface area contributed by atoms with Crippen LogP contribution in [0, 0.1) is 5.92 Å². The highest BCUT2D eigenvalue weighted by Gasteiger charge is 2.23. The van der Waals surface area contributed by atoms with E-state index in [2.05, 4.69) is 0 Å². The van der Waals surface area contributed by atoms with E-state index in [1.165, 1.54) is 0 Å². The molecular weight excluding hydrogens is 392 g/mol. The van der Waals surface area contributed by atoms with Crippen molar-refractivity contribution in [1.29, 1.82) is 0 Å². The Morgan fingerprint density at radius 2 is 1.38 bits per heavy atom. The Kier molecular flexibility index (Phi) is 10.3. The fourth-order valence-corrected chi connectivity index (χ4v) is 3.15.